The molecule has 1 amide bonds. The zero-order valence-corrected chi connectivity index (χ0v) is 14.2. The lowest BCUT2D eigenvalue weighted by Crippen LogP contribution is -2.16. The second-order valence-electron chi connectivity index (χ2n) is 6.02. The van der Waals surface area contributed by atoms with Crippen LogP contribution in [-0.2, 0) is 17.8 Å². The average molecular weight is 351 g/mol. The SMILES string of the molecule is O=C(/C=C/c1ccc(CNCCc2c[nH]c3ccc(O)cc23)cc1)NO. The van der Waals surface area contributed by atoms with Crippen molar-refractivity contribution in [2.45, 2.75) is 13.0 Å². The highest BCUT2D eigenvalue weighted by Crippen LogP contribution is 2.23. The molecule has 0 unspecified atom stereocenters. The number of carbonyl (C=O) groups is 1. The summed E-state index contributed by atoms with van der Waals surface area (Å²) in [7, 11) is 0. The van der Waals surface area contributed by atoms with Crippen molar-refractivity contribution in [3.8, 4) is 5.75 Å². The van der Waals surface area contributed by atoms with E-state index in [2.05, 4.69) is 10.3 Å². The minimum Gasteiger partial charge on any atom is -0.508 e. The number of benzene rings is 2. The van der Waals surface area contributed by atoms with Gasteiger partial charge in [-0.15, -0.1) is 0 Å². The molecule has 5 N–H and O–H groups in total. The first-order valence-electron chi connectivity index (χ1n) is 8.36. The van der Waals surface area contributed by atoms with Crippen LogP contribution in [0, 0.1) is 0 Å². The average Bonchev–Trinajstić information content (AvgIpc) is 3.06. The van der Waals surface area contributed by atoms with Crippen LogP contribution in [0.4, 0.5) is 0 Å². The third-order valence-corrected chi connectivity index (χ3v) is 4.17. The fraction of sp³-hybridized carbons (Fsp3) is 0.150. The fourth-order valence-corrected chi connectivity index (χ4v) is 2.78. The van der Waals surface area contributed by atoms with E-state index in [4.69, 9.17) is 5.21 Å². The standard InChI is InChI=1S/C20H21N3O3/c24-17-6-7-19-18(11-17)16(13-22-19)9-10-21-12-15-3-1-14(2-4-15)5-8-20(25)23-26/h1-8,11,13,21-22,24,26H,9-10,12H2,(H,23,25)/b8-5+. The lowest BCUT2D eigenvalue weighted by Gasteiger charge is -2.05. The van der Waals surface area contributed by atoms with Gasteiger partial charge in [0.05, 0.1) is 0 Å². The highest BCUT2D eigenvalue weighted by molar-refractivity contribution is 5.90. The molecule has 26 heavy (non-hydrogen) atoms. The van der Waals surface area contributed by atoms with Crippen LogP contribution < -0.4 is 10.8 Å². The quantitative estimate of drug-likeness (QED) is 0.196. The van der Waals surface area contributed by atoms with Gasteiger partial charge in [0.15, 0.2) is 0 Å². The van der Waals surface area contributed by atoms with Crippen molar-refractivity contribution >= 4 is 22.9 Å². The summed E-state index contributed by atoms with van der Waals surface area (Å²) in [5.41, 5.74) is 5.78. The maximum atomic E-state index is 11.0. The third kappa shape index (κ3) is 4.50. The summed E-state index contributed by atoms with van der Waals surface area (Å²) in [6.07, 6.45) is 5.75. The molecule has 0 aliphatic carbocycles. The minimum absolute atomic E-state index is 0.275. The zero-order chi connectivity index (χ0) is 18.4. The number of rotatable bonds is 7. The molecule has 1 heterocycles. The Bertz CT molecular complexity index is 914. The molecule has 3 aromatic rings. The van der Waals surface area contributed by atoms with E-state index in [1.165, 1.54) is 11.6 Å². The lowest BCUT2D eigenvalue weighted by molar-refractivity contribution is -0.124. The van der Waals surface area contributed by atoms with Crippen molar-refractivity contribution in [3.05, 3.63) is 71.4 Å². The van der Waals surface area contributed by atoms with Gasteiger partial charge in [0, 0.05) is 29.7 Å². The summed E-state index contributed by atoms with van der Waals surface area (Å²) in [5, 5.41) is 22.5. The van der Waals surface area contributed by atoms with E-state index in [1.54, 1.807) is 23.7 Å². The summed E-state index contributed by atoms with van der Waals surface area (Å²) in [5.74, 6) is -0.279. The molecular weight excluding hydrogens is 330 g/mol. The molecular formula is C20H21N3O3. The van der Waals surface area contributed by atoms with Crippen LogP contribution in [0.15, 0.2) is 54.7 Å². The molecule has 0 bridgehead atoms. The van der Waals surface area contributed by atoms with E-state index < -0.39 is 5.91 Å². The number of phenols is 1. The van der Waals surface area contributed by atoms with E-state index in [0.717, 1.165) is 41.5 Å². The van der Waals surface area contributed by atoms with Crippen molar-refractivity contribution in [1.29, 1.82) is 0 Å². The van der Waals surface area contributed by atoms with Crippen molar-refractivity contribution in [3.63, 3.8) is 0 Å². The maximum absolute atomic E-state index is 11.0. The number of hydrogen-bond donors (Lipinski definition) is 5. The number of aromatic amines is 1. The molecule has 0 saturated heterocycles. The molecule has 0 aliphatic heterocycles. The van der Waals surface area contributed by atoms with Crippen molar-refractivity contribution in [1.82, 2.24) is 15.8 Å². The summed E-state index contributed by atoms with van der Waals surface area (Å²) >= 11 is 0. The number of hydroxylamine groups is 1. The van der Waals surface area contributed by atoms with Crippen molar-refractivity contribution in [2.24, 2.45) is 0 Å². The molecule has 6 heteroatoms. The Labute approximate surface area is 151 Å². The highest BCUT2D eigenvalue weighted by Gasteiger charge is 2.04. The summed E-state index contributed by atoms with van der Waals surface area (Å²) in [4.78, 5) is 14.2. The number of H-pyrrole nitrogens is 1. The van der Waals surface area contributed by atoms with Gasteiger partial charge in [-0.05, 0) is 53.9 Å². The minimum atomic E-state index is -0.554. The van der Waals surface area contributed by atoms with Crippen LogP contribution in [0.2, 0.25) is 0 Å². The molecule has 6 nitrogen and oxygen atoms in total. The summed E-state index contributed by atoms with van der Waals surface area (Å²) < 4.78 is 0. The van der Waals surface area contributed by atoms with Crippen molar-refractivity contribution < 1.29 is 15.1 Å². The number of aromatic hydroxyl groups is 1. The van der Waals surface area contributed by atoms with Crippen LogP contribution in [0.5, 0.6) is 5.75 Å². The molecule has 0 aliphatic rings. The maximum Gasteiger partial charge on any atom is 0.267 e. The lowest BCUT2D eigenvalue weighted by atomic mass is 10.1. The molecule has 2 aromatic carbocycles. The van der Waals surface area contributed by atoms with Crippen LogP contribution in [0.25, 0.3) is 17.0 Å². The molecule has 0 radical (unpaired) electrons. The topological polar surface area (TPSA) is 97.4 Å². The van der Waals surface area contributed by atoms with Crippen LogP contribution in [0.3, 0.4) is 0 Å². The second kappa shape index (κ2) is 8.33. The Balaban J connectivity index is 1.49. The predicted octanol–water partition coefficient (Wildman–Crippen LogP) is 2.72. The largest absolute Gasteiger partial charge is 0.508 e. The summed E-state index contributed by atoms with van der Waals surface area (Å²) in [6, 6.07) is 13.2. The van der Waals surface area contributed by atoms with Gasteiger partial charge >= 0.3 is 0 Å². The van der Waals surface area contributed by atoms with Gasteiger partial charge in [0.2, 0.25) is 0 Å². The number of aromatic nitrogens is 1. The Morgan fingerprint density at radius 2 is 1.96 bits per heavy atom. The molecule has 0 fully saturated rings. The predicted molar refractivity (Wildman–Crippen MR) is 101 cm³/mol. The number of fused-ring (bicyclic) bond motifs is 1. The van der Waals surface area contributed by atoms with E-state index in [-0.39, 0.29) is 5.75 Å². The first-order chi connectivity index (χ1) is 12.7. The Morgan fingerprint density at radius 1 is 1.15 bits per heavy atom. The number of hydrogen-bond acceptors (Lipinski definition) is 4. The van der Waals surface area contributed by atoms with Crippen LogP contribution in [-0.4, -0.2) is 27.7 Å². The normalized spacial score (nSPS) is 11.3. The van der Waals surface area contributed by atoms with Crippen LogP contribution in [0.1, 0.15) is 16.7 Å². The highest BCUT2D eigenvalue weighted by atomic mass is 16.5. The molecule has 0 spiro atoms. The third-order valence-electron chi connectivity index (χ3n) is 4.17. The monoisotopic (exact) mass is 351 g/mol. The smallest absolute Gasteiger partial charge is 0.267 e. The first-order valence-corrected chi connectivity index (χ1v) is 8.36. The summed E-state index contributed by atoms with van der Waals surface area (Å²) in [6.45, 7) is 1.57. The van der Waals surface area contributed by atoms with Crippen LogP contribution >= 0.6 is 0 Å². The first kappa shape index (κ1) is 17.7. The van der Waals surface area contributed by atoms with Gasteiger partial charge in [-0.25, -0.2) is 5.48 Å². The van der Waals surface area contributed by atoms with E-state index in [1.807, 2.05) is 36.5 Å². The Hall–Kier alpha value is -3.09. The molecule has 3 rings (SSSR count). The van der Waals surface area contributed by atoms with Gasteiger partial charge in [-0.2, -0.15) is 0 Å². The number of carbonyl (C=O) groups excluding carboxylic acids is 1. The number of nitrogens with one attached hydrogen (secondary N) is 3. The van der Waals surface area contributed by atoms with Gasteiger partial charge in [-0.3, -0.25) is 10.0 Å². The molecule has 134 valence electrons. The fourth-order valence-electron chi connectivity index (χ4n) is 2.78. The van der Waals surface area contributed by atoms with Gasteiger partial charge in [-0.1, -0.05) is 24.3 Å². The van der Waals surface area contributed by atoms with E-state index in [0.29, 0.717) is 0 Å². The van der Waals surface area contributed by atoms with Gasteiger partial charge in [0.25, 0.3) is 5.91 Å². The van der Waals surface area contributed by atoms with E-state index in [9.17, 15) is 9.90 Å². The zero-order valence-electron chi connectivity index (χ0n) is 14.2. The Morgan fingerprint density at radius 3 is 2.73 bits per heavy atom. The van der Waals surface area contributed by atoms with E-state index >= 15 is 0 Å². The van der Waals surface area contributed by atoms with Gasteiger partial charge in [0.1, 0.15) is 5.75 Å². The number of phenolic OH excluding ortho intramolecular Hbond substituents is 1. The second-order valence-corrected chi connectivity index (χ2v) is 6.02. The molecule has 0 atom stereocenters. The number of amides is 1. The Kier molecular flexibility index (Phi) is 5.68. The van der Waals surface area contributed by atoms with Gasteiger partial charge < -0.3 is 15.4 Å². The molecule has 1 aromatic heterocycles. The molecule has 0 saturated carbocycles. The van der Waals surface area contributed by atoms with Crippen molar-refractivity contribution in [2.75, 3.05) is 6.54 Å².